The van der Waals surface area contributed by atoms with Crippen molar-refractivity contribution in [1.82, 2.24) is 5.32 Å². The van der Waals surface area contributed by atoms with Crippen LogP contribution in [0.4, 0.5) is 4.39 Å². The zero-order valence-corrected chi connectivity index (χ0v) is 12.1. The fourth-order valence-electron chi connectivity index (χ4n) is 1.51. The van der Waals surface area contributed by atoms with Crippen molar-refractivity contribution in [3.05, 3.63) is 30.1 Å². The number of nitrogens with one attached hydrogen (secondary N) is 1. The Bertz CT molecular complexity index is 426. The Morgan fingerprint density at radius 3 is 2.50 bits per heavy atom. The minimum atomic E-state index is -0.471. The number of amides is 1. The van der Waals surface area contributed by atoms with E-state index in [0.717, 1.165) is 0 Å². The Morgan fingerprint density at radius 2 is 1.95 bits per heavy atom. The standard InChI is InChI=1S/C15H22FNO3/c1-15(2,3)13(18)8-9-17-14(19)10-20-12-6-4-11(16)5-7-12/h4-7,13,18H,8-10H2,1-3H3,(H,17,19)/t13-/m1/s1. The van der Waals surface area contributed by atoms with E-state index in [1.54, 1.807) is 0 Å². The number of hydrogen-bond acceptors (Lipinski definition) is 3. The van der Waals surface area contributed by atoms with Crippen LogP contribution in [0.15, 0.2) is 24.3 Å². The number of aliphatic hydroxyl groups excluding tert-OH is 1. The molecular formula is C15H22FNO3. The average Bonchev–Trinajstić information content (AvgIpc) is 2.37. The largest absolute Gasteiger partial charge is 0.484 e. The molecule has 0 saturated carbocycles. The molecule has 1 aromatic rings. The van der Waals surface area contributed by atoms with Gasteiger partial charge in [0.05, 0.1) is 6.10 Å². The van der Waals surface area contributed by atoms with Gasteiger partial charge in [0.1, 0.15) is 11.6 Å². The van der Waals surface area contributed by atoms with Crippen molar-refractivity contribution < 1.29 is 19.0 Å². The van der Waals surface area contributed by atoms with E-state index in [-0.39, 0.29) is 23.7 Å². The molecule has 0 aliphatic rings. The topological polar surface area (TPSA) is 58.6 Å². The van der Waals surface area contributed by atoms with E-state index in [2.05, 4.69) is 5.32 Å². The van der Waals surface area contributed by atoms with Crippen LogP contribution in [-0.4, -0.2) is 30.3 Å². The molecule has 0 heterocycles. The van der Waals surface area contributed by atoms with Crippen molar-refractivity contribution in [3.63, 3.8) is 0 Å². The number of halogens is 1. The number of carbonyl (C=O) groups is 1. The number of rotatable bonds is 6. The van der Waals surface area contributed by atoms with Crippen LogP contribution in [0, 0.1) is 11.2 Å². The normalized spacial score (nSPS) is 12.8. The third-order valence-electron chi connectivity index (χ3n) is 2.92. The highest BCUT2D eigenvalue weighted by atomic mass is 19.1. The van der Waals surface area contributed by atoms with E-state index < -0.39 is 6.10 Å². The van der Waals surface area contributed by atoms with Crippen LogP contribution >= 0.6 is 0 Å². The summed E-state index contributed by atoms with van der Waals surface area (Å²) in [4.78, 5) is 11.5. The molecule has 4 nitrogen and oxygen atoms in total. The van der Waals surface area contributed by atoms with E-state index in [9.17, 15) is 14.3 Å². The van der Waals surface area contributed by atoms with E-state index in [4.69, 9.17) is 4.74 Å². The molecule has 1 rings (SSSR count). The molecule has 5 heteroatoms. The fourth-order valence-corrected chi connectivity index (χ4v) is 1.51. The van der Waals surface area contributed by atoms with Crippen molar-refractivity contribution in [2.75, 3.05) is 13.2 Å². The van der Waals surface area contributed by atoms with Gasteiger partial charge in [0.15, 0.2) is 6.61 Å². The molecule has 0 unspecified atom stereocenters. The first-order valence-electron chi connectivity index (χ1n) is 6.62. The SMILES string of the molecule is CC(C)(C)[C@H](O)CCNC(=O)COc1ccc(F)cc1. The summed E-state index contributed by atoms with van der Waals surface area (Å²) in [6, 6.07) is 5.47. The van der Waals surface area contributed by atoms with Gasteiger partial charge in [-0.3, -0.25) is 4.79 Å². The number of benzene rings is 1. The van der Waals surface area contributed by atoms with Crippen LogP contribution in [0.1, 0.15) is 27.2 Å². The second-order valence-corrected chi connectivity index (χ2v) is 5.76. The van der Waals surface area contributed by atoms with E-state index >= 15 is 0 Å². The first kappa shape index (κ1) is 16.4. The lowest BCUT2D eigenvalue weighted by molar-refractivity contribution is -0.123. The lowest BCUT2D eigenvalue weighted by atomic mass is 9.87. The fraction of sp³-hybridized carbons (Fsp3) is 0.533. The summed E-state index contributed by atoms with van der Waals surface area (Å²) in [5, 5.41) is 12.5. The first-order valence-corrected chi connectivity index (χ1v) is 6.62. The minimum Gasteiger partial charge on any atom is -0.484 e. The number of hydrogen-bond donors (Lipinski definition) is 2. The maximum absolute atomic E-state index is 12.7. The minimum absolute atomic E-state index is 0.128. The molecular weight excluding hydrogens is 261 g/mol. The molecule has 0 bridgehead atoms. The quantitative estimate of drug-likeness (QED) is 0.840. The maximum Gasteiger partial charge on any atom is 0.257 e. The van der Waals surface area contributed by atoms with Crippen molar-refractivity contribution in [2.45, 2.75) is 33.3 Å². The summed E-state index contributed by atoms with van der Waals surface area (Å²) in [5.74, 6) is -0.176. The number of ether oxygens (including phenoxy) is 1. The second-order valence-electron chi connectivity index (χ2n) is 5.76. The molecule has 1 aromatic carbocycles. The lowest BCUT2D eigenvalue weighted by Crippen LogP contribution is -2.34. The summed E-state index contributed by atoms with van der Waals surface area (Å²) in [5.41, 5.74) is -0.199. The van der Waals surface area contributed by atoms with Crippen LogP contribution in [-0.2, 0) is 4.79 Å². The first-order chi connectivity index (χ1) is 9.29. The highest BCUT2D eigenvalue weighted by molar-refractivity contribution is 5.77. The second kappa shape index (κ2) is 7.24. The van der Waals surface area contributed by atoms with Gasteiger partial charge in [-0.25, -0.2) is 4.39 Å². The molecule has 0 aliphatic heterocycles. The number of aliphatic hydroxyl groups is 1. The zero-order chi connectivity index (χ0) is 15.2. The summed E-state index contributed by atoms with van der Waals surface area (Å²) in [7, 11) is 0. The molecule has 0 aromatic heterocycles. The number of carbonyl (C=O) groups excluding carboxylic acids is 1. The Labute approximate surface area is 119 Å². The Balaban J connectivity index is 2.22. The van der Waals surface area contributed by atoms with Gasteiger partial charge in [-0.05, 0) is 36.1 Å². The van der Waals surface area contributed by atoms with Gasteiger partial charge in [0.2, 0.25) is 0 Å². The van der Waals surface area contributed by atoms with Gasteiger partial charge >= 0.3 is 0 Å². The predicted octanol–water partition coefficient (Wildman–Crippen LogP) is 2.12. The summed E-state index contributed by atoms with van der Waals surface area (Å²) in [6.45, 7) is 6.09. The van der Waals surface area contributed by atoms with Crippen LogP contribution in [0.5, 0.6) is 5.75 Å². The third-order valence-corrected chi connectivity index (χ3v) is 2.92. The highest BCUT2D eigenvalue weighted by Gasteiger charge is 2.21. The molecule has 0 aliphatic carbocycles. The molecule has 20 heavy (non-hydrogen) atoms. The van der Waals surface area contributed by atoms with Crippen LogP contribution in [0.25, 0.3) is 0 Å². The third kappa shape index (κ3) is 6.02. The van der Waals surface area contributed by atoms with Gasteiger partial charge in [-0.2, -0.15) is 0 Å². The lowest BCUT2D eigenvalue weighted by Gasteiger charge is -2.25. The monoisotopic (exact) mass is 283 g/mol. The van der Waals surface area contributed by atoms with Gasteiger partial charge < -0.3 is 15.2 Å². The molecule has 1 amide bonds. The van der Waals surface area contributed by atoms with E-state index in [0.29, 0.717) is 18.7 Å². The zero-order valence-electron chi connectivity index (χ0n) is 12.1. The Kier molecular flexibility index (Phi) is 5.95. The van der Waals surface area contributed by atoms with Crippen molar-refractivity contribution >= 4 is 5.91 Å². The molecule has 0 spiro atoms. The average molecular weight is 283 g/mol. The molecule has 1 atom stereocenters. The molecule has 2 N–H and O–H groups in total. The molecule has 112 valence electrons. The van der Waals surface area contributed by atoms with Crippen LogP contribution in [0.3, 0.4) is 0 Å². The summed E-state index contributed by atoms with van der Waals surface area (Å²) >= 11 is 0. The van der Waals surface area contributed by atoms with Crippen LogP contribution < -0.4 is 10.1 Å². The smallest absolute Gasteiger partial charge is 0.257 e. The van der Waals surface area contributed by atoms with Gasteiger partial charge in [-0.1, -0.05) is 20.8 Å². The highest BCUT2D eigenvalue weighted by Crippen LogP contribution is 2.20. The molecule has 0 fully saturated rings. The summed E-state index contributed by atoms with van der Waals surface area (Å²) in [6.07, 6.45) is 0.0204. The molecule has 0 saturated heterocycles. The Morgan fingerprint density at radius 1 is 1.35 bits per heavy atom. The van der Waals surface area contributed by atoms with Crippen molar-refractivity contribution in [1.29, 1.82) is 0 Å². The van der Waals surface area contributed by atoms with Crippen LogP contribution in [0.2, 0.25) is 0 Å². The van der Waals surface area contributed by atoms with Gasteiger partial charge in [0.25, 0.3) is 5.91 Å². The van der Waals surface area contributed by atoms with Gasteiger partial charge in [0, 0.05) is 6.54 Å². The van der Waals surface area contributed by atoms with E-state index in [1.165, 1.54) is 24.3 Å². The molecule has 0 radical (unpaired) electrons. The summed E-state index contributed by atoms with van der Waals surface area (Å²) < 4.78 is 17.9. The Hall–Kier alpha value is -1.62. The van der Waals surface area contributed by atoms with Gasteiger partial charge in [-0.15, -0.1) is 0 Å². The maximum atomic E-state index is 12.7. The van der Waals surface area contributed by atoms with E-state index in [1.807, 2.05) is 20.8 Å². The predicted molar refractivity (Wildman–Crippen MR) is 75.0 cm³/mol. The van der Waals surface area contributed by atoms with Crippen molar-refractivity contribution in [2.24, 2.45) is 5.41 Å². The van der Waals surface area contributed by atoms with Crippen molar-refractivity contribution in [3.8, 4) is 5.75 Å².